The molecular weight excluding hydrogens is 242 g/mol. The number of hydrogen-bond donors (Lipinski definition) is 3. The third kappa shape index (κ3) is 68.9. The molecule has 0 atom stereocenters. The van der Waals surface area contributed by atoms with Gasteiger partial charge in [-0.15, -0.1) is 0 Å². The zero-order chi connectivity index (χ0) is 4.50. The third-order valence-corrected chi connectivity index (χ3v) is 0. The van der Waals surface area contributed by atoms with Gasteiger partial charge >= 0.3 is 26.7 Å². The van der Waals surface area contributed by atoms with Crippen LogP contribution in [0.3, 0.4) is 0 Å². The Balaban J connectivity index is -0.0000000800. The van der Waals surface area contributed by atoms with Crippen molar-refractivity contribution in [1.82, 2.24) is 0 Å². The van der Waals surface area contributed by atoms with Crippen LogP contribution in [0.5, 0.6) is 0 Å². The van der Waals surface area contributed by atoms with Gasteiger partial charge in [0, 0.05) is 41.7 Å². The summed E-state index contributed by atoms with van der Waals surface area (Å²) in [4.78, 5) is 21.6. The fourth-order valence-electron chi connectivity index (χ4n) is 0. The van der Waals surface area contributed by atoms with Gasteiger partial charge in [0.2, 0.25) is 0 Å². The van der Waals surface area contributed by atoms with Crippen LogP contribution in [-0.4, -0.2) is 33.5 Å². The van der Waals surface area contributed by atoms with Crippen LogP contribution in [-0.2, 0) is 4.57 Å². The summed E-state index contributed by atoms with van der Waals surface area (Å²) in [5.41, 5.74) is 0. The van der Waals surface area contributed by atoms with Gasteiger partial charge in [0.15, 0.2) is 0 Å². The average molecular weight is 246 g/mol. The summed E-state index contributed by atoms with van der Waals surface area (Å²) in [5.74, 6) is 0. The van der Waals surface area contributed by atoms with E-state index in [0.29, 0.717) is 0 Å². The topological polar surface area (TPSA) is 77.8 Å². The van der Waals surface area contributed by atoms with Crippen LogP contribution in [0.15, 0.2) is 0 Å². The van der Waals surface area contributed by atoms with Crippen molar-refractivity contribution in [3.8, 4) is 0 Å². The molecule has 0 saturated heterocycles. The van der Waals surface area contributed by atoms with Crippen molar-refractivity contribution in [1.29, 1.82) is 0 Å². The molecule has 0 aromatic rings. The molecule has 7 heteroatoms. The van der Waals surface area contributed by atoms with Crippen LogP contribution in [0.25, 0.3) is 0 Å². The Bertz CT molecular complexity index is 57.8. The molecule has 0 aromatic heterocycles. The molecule has 3 N–H and O–H groups in total. The Labute approximate surface area is 86.5 Å². The molecule has 0 aromatic carbocycles. The Morgan fingerprint density at radius 3 is 1.14 bits per heavy atom. The molecule has 7 heavy (non-hydrogen) atoms. The Hall–Kier alpha value is 2.08. The molecular formula is H4CeLiO4P. The molecule has 0 fully saturated rings. The summed E-state index contributed by atoms with van der Waals surface area (Å²) >= 11 is 0. The molecule has 4 nitrogen and oxygen atoms in total. The van der Waals surface area contributed by atoms with E-state index in [1.165, 1.54) is 0 Å². The number of rotatable bonds is 0. The Morgan fingerprint density at radius 2 is 1.14 bits per heavy atom. The van der Waals surface area contributed by atoms with Crippen LogP contribution in [0.2, 0.25) is 0 Å². The maximum absolute atomic E-state index is 8.88. The first-order valence-electron chi connectivity index (χ1n) is 0.783. The van der Waals surface area contributed by atoms with Gasteiger partial charge in [0.05, 0.1) is 0 Å². The zero-order valence-electron chi connectivity index (χ0n) is 2.70. The van der Waals surface area contributed by atoms with Crippen LogP contribution in [0.4, 0.5) is 0 Å². The van der Waals surface area contributed by atoms with Gasteiger partial charge in [-0.25, -0.2) is 4.57 Å². The van der Waals surface area contributed by atoms with Crippen molar-refractivity contribution in [2.24, 2.45) is 0 Å². The van der Waals surface area contributed by atoms with Gasteiger partial charge in [-0.1, -0.05) is 0 Å². The van der Waals surface area contributed by atoms with Gasteiger partial charge < -0.3 is 14.7 Å². The second-order valence-corrected chi connectivity index (χ2v) is 1.54. The predicted molar refractivity (Wildman–Crippen MR) is 21.4 cm³/mol. The molecule has 0 aliphatic rings. The van der Waals surface area contributed by atoms with Crippen LogP contribution < -0.4 is 0 Å². The molecule has 38 valence electrons. The Morgan fingerprint density at radius 1 is 1.14 bits per heavy atom. The Kier molecular flexibility index (Phi) is 14.2. The molecule has 0 bridgehead atoms. The van der Waals surface area contributed by atoms with Crippen molar-refractivity contribution >= 4 is 26.7 Å². The molecule has 0 aliphatic carbocycles. The average Bonchev–Trinajstić information content (AvgIpc) is 0.722. The normalized spacial score (nSPS) is 8.43. The van der Waals surface area contributed by atoms with E-state index in [9.17, 15) is 0 Å². The van der Waals surface area contributed by atoms with E-state index in [2.05, 4.69) is 0 Å². The molecule has 0 amide bonds. The van der Waals surface area contributed by atoms with Gasteiger partial charge in [-0.3, -0.25) is 0 Å². The quantitative estimate of drug-likeness (QED) is 0.356. The van der Waals surface area contributed by atoms with Gasteiger partial charge in [-0.2, -0.15) is 0 Å². The minimum atomic E-state index is -4.64. The van der Waals surface area contributed by atoms with Crippen molar-refractivity contribution in [3.05, 3.63) is 0 Å². The van der Waals surface area contributed by atoms with E-state index in [1.807, 2.05) is 0 Å². The molecule has 0 heterocycles. The summed E-state index contributed by atoms with van der Waals surface area (Å²) < 4.78 is 8.88. The van der Waals surface area contributed by atoms with Crippen LogP contribution >= 0.6 is 7.82 Å². The summed E-state index contributed by atoms with van der Waals surface area (Å²) in [7, 11) is -4.64. The van der Waals surface area contributed by atoms with E-state index in [-0.39, 0.29) is 60.6 Å². The van der Waals surface area contributed by atoms with Crippen LogP contribution in [0, 0.1) is 41.7 Å². The van der Waals surface area contributed by atoms with Gasteiger partial charge in [-0.05, 0) is 0 Å². The first-order chi connectivity index (χ1) is 2.00. The fourth-order valence-corrected chi connectivity index (χ4v) is 0. The molecule has 0 rings (SSSR count). The number of phosphoric acid groups is 1. The van der Waals surface area contributed by atoms with Crippen molar-refractivity contribution in [2.45, 2.75) is 0 Å². The van der Waals surface area contributed by atoms with E-state index < -0.39 is 7.82 Å². The standard InChI is InChI=1S/Ce.Li.H3O4P.H/c;;1-5(2,3)4;/h;;(H3,1,2,3,4);. The molecule has 0 radical (unpaired) electrons. The molecule has 0 spiro atoms. The SMILES string of the molecule is O=P(O)(O)O.[Ce].[LiH]. The molecule has 0 saturated carbocycles. The summed E-state index contributed by atoms with van der Waals surface area (Å²) in [5, 5.41) is 0. The molecule has 0 aliphatic heterocycles. The summed E-state index contributed by atoms with van der Waals surface area (Å²) in [6, 6.07) is 0. The predicted octanol–water partition coefficient (Wildman–Crippen LogP) is -1.58. The van der Waals surface area contributed by atoms with E-state index >= 15 is 0 Å². The van der Waals surface area contributed by atoms with E-state index in [1.54, 1.807) is 0 Å². The first kappa shape index (κ1) is 16.0. The van der Waals surface area contributed by atoms with E-state index in [0.717, 1.165) is 0 Å². The van der Waals surface area contributed by atoms with Crippen molar-refractivity contribution in [3.63, 3.8) is 0 Å². The number of hydrogen-bond acceptors (Lipinski definition) is 1. The minimum absolute atomic E-state index is 0. The van der Waals surface area contributed by atoms with Gasteiger partial charge in [0.25, 0.3) is 0 Å². The van der Waals surface area contributed by atoms with E-state index in [4.69, 9.17) is 19.2 Å². The zero-order valence-corrected chi connectivity index (χ0v) is 6.73. The van der Waals surface area contributed by atoms with Crippen molar-refractivity contribution in [2.75, 3.05) is 0 Å². The first-order valence-corrected chi connectivity index (χ1v) is 2.35. The maximum atomic E-state index is 8.88. The fraction of sp³-hybridized carbons (Fsp3) is 0. The summed E-state index contributed by atoms with van der Waals surface area (Å²) in [6.45, 7) is 0. The monoisotopic (exact) mass is 246 g/mol. The summed E-state index contributed by atoms with van der Waals surface area (Å²) in [6.07, 6.45) is 0. The molecule has 0 unspecified atom stereocenters. The van der Waals surface area contributed by atoms with Crippen molar-refractivity contribution < 1.29 is 61.0 Å². The third-order valence-electron chi connectivity index (χ3n) is 0. The van der Waals surface area contributed by atoms with Gasteiger partial charge in [0.1, 0.15) is 0 Å². The second-order valence-electron chi connectivity index (χ2n) is 0.513. The second kappa shape index (κ2) is 6.21. The van der Waals surface area contributed by atoms with Crippen LogP contribution in [0.1, 0.15) is 0 Å².